The molecule has 1 heterocycles. The van der Waals surface area contributed by atoms with Crippen LogP contribution in [0.4, 0.5) is 0 Å². The maximum absolute atomic E-state index is 11.6. The Kier molecular flexibility index (Phi) is 5.32. The Morgan fingerprint density at radius 1 is 1.36 bits per heavy atom. The highest BCUT2D eigenvalue weighted by Gasteiger charge is 2.32. The van der Waals surface area contributed by atoms with Crippen LogP contribution in [-0.2, 0) is 16.0 Å². The summed E-state index contributed by atoms with van der Waals surface area (Å²) in [6.45, 7) is 3.93. The molecule has 1 aromatic rings. The van der Waals surface area contributed by atoms with Gasteiger partial charge in [-0.25, -0.2) is 0 Å². The summed E-state index contributed by atoms with van der Waals surface area (Å²) in [7, 11) is 0. The molecule has 6 nitrogen and oxygen atoms in total. The Labute approximate surface area is 132 Å². The number of nitrogens with zero attached hydrogens (tertiary/aromatic N) is 2. The van der Waals surface area contributed by atoms with E-state index in [1.807, 2.05) is 31.2 Å². The second-order valence-corrected chi connectivity index (χ2v) is 6.03. The quantitative estimate of drug-likeness (QED) is 0.642. The first-order valence-corrected chi connectivity index (χ1v) is 7.78. The minimum Gasteiger partial charge on any atom is -0.481 e. The van der Waals surface area contributed by atoms with Crippen LogP contribution in [0.15, 0.2) is 34.5 Å². The van der Waals surface area contributed by atoms with Gasteiger partial charge in [-0.2, -0.15) is 5.10 Å². The molecule has 1 saturated heterocycles. The molecular weight excluding hydrogens is 302 g/mol. The van der Waals surface area contributed by atoms with Crippen molar-refractivity contribution in [2.75, 3.05) is 0 Å². The Hall–Kier alpha value is -2.15. The summed E-state index contributed by atoms with van der Waals surface area (Å²) >= 11 is 1.09. The number of carboxylic acids is 1. The van der Waals surface area contributed by atoms with Crippen LogP contribution in [0.3, 0.4) is 0 Å². The van der Waals surface area contributed by atoms with Crippen molar-refractivity contribution in [2.24, 2.45) is 10.2 Å². The number of hydrogen-bond acceptors (Lipinski definition) is 5. The van der Waals surface area contributed by atoms with E-state index in [1.165, 1.54) is 5.56 Å². The Morgan fingerprint density at radius 2 is 2.05 bits per heavy atom. The first-order valence-electron chi connectivity index (χ1n) is 6.90. The average Bonchev–Trinajstić information content (AvgIpc) is 2.84. The van der Waals surface area contributed by atoms with Gasteiger partial charge in [0.05, 0.1) is 12.1 Å². The number of carbonyl (C=O) groups is 2. The average molecular weight is 319 g/mol. The lowest BCUT2D eigenvalue weighted by molar-refractivity contribution is -0.138. The number of carbonyl (C=O) groups excluding carboxylic acids is 1. The molecule has 22 heavy (non-hydrogen) atoms. The first-order chi connectivity index (χ1) is 10.5. The van der Waals surface area contributed by atoms with Crippen molar-refractivity contribution >= 4 is 34.5 Å². The number of nitrogens with one attached hydrogen (secondary N) is 1. The number of hydrogen-bond donors (Lipinski definition) is 2. The lowest BCUT2D eigenvalue weighted by Crippen LogP contribution is -2.26. The van der Waals surface area contributed by atoms with Gasteiger partial charge in [-0.15, -0.1) is 5.10 Å². The van der Waals surface area contributed by atoms with Crippen LogP contribution >= 0.6 is 11.8 Å². The number of amides is 1. The standard InChI is InChI=1S/C15H17N3O3S/c1-3-10-4-6-11(7-5-10)9(2)17-18-15-16-14(21)12(22-15)8-13(19)20/h4-7,12H,3,8H2,1-2H3,(H,19,20)(H,16,18,21)/b17-9-. The van der Waals surface area contributed by atoms with E-state index in [4.69, 9.17) is 5.11 Å². The third-order valence-corrected chi connectivity index (χ3v) is 4.28. The van der Waals surface area contributed by atoms with Gasteiger partial charge in [0.2, 0.25) is 5.91 Å². The lowest BCUT2D eigenvalue weighted by Gasteiger charge is -2.01. The van der Waals surface area contributed by atoms with Gasteiger partial charge in [-0.3, -0.25) is 9.59 Å². The summed E-state index contributed by atoms with van der Waals surface area (Å²) < 4.78 is 0. The number of benzene rings is 1. The molecular formula is C15H17N3O3S. The van der Waals surface area contributed by atoms with Crippen LogP contribution in [0.2, 0.25) is 0 Å². The molecule has 0 bridgehead atoms. The predicted octanol–water partition coefficient (Wildman–Crippen LogP) is 2.04. The zero-order valence-corrected chi connectivity index (χ0v) is 13.2. The molecule has 0 saturated carbocycles. The van der Waals surface area contributed by atoms with Gasteiger partial charge in [0.1, 0.15) is 5.25 Å². The van der Waals surface area contributed by atoms with E-state index in [9.17, 15) is 9.59 Å². The van der Waals surface area contributed by atoms with E-state index < -0.39 is 11.2 Å². The summed E-state index contributed by atoms with van der Waals surface area (Å²) in [6, 6.07) is 8.03. The smallest absolute Gasteiger partial charge is 0.305 e. The fourth-order valence-electron chi connectivity index (χ4n) is 1.90. The number of thioether (sulfide) groups is 1. The molecule has 1 amide bonds. The molecule has 2 rings (SSSR count). The van der Waals surface area contributed by atoms with E-state index in [2.05, 4.69) is 22.4 Å². The number of carboxylic acid groups (broad SMARTS) is 1. The zero-order chi connectivity index (χ0) is 16.1. The van der Waals surface area contributed by atoms with Gasteiger partial charge in [-0.1, -0.05) is 43.0 Å². The van der Waals surface area contributed by atoms with Gasteiger partial charge < -0.3 is 10.4 Å². The van der Waals surface area contributed by atoms with Crippen LogP contribution in [0, 0.1) is 0 Å². The molecule has 1 aliphatic heterocycles. The van der Waals surface area contributed by atoms with Gasteiger partial charge in [0.15, 0.2) is 5.17 Å². The summed E-state index contributed by atoms with van der Waals surface area (Å²) in [6.07, 6.45) is 0.753. The van der Waals surface area contributed by atoms with Crippen molar-refractivity contribution in [1.82, 2.24) is 5.32 Å². The third kappa shape index (κ3) is 4.17. The van der Waals surface area contributed by atoms with Crippen LogP contribution in [-0.4, -0.2) is 33.1 Å². The monoisotopic (exact) mass is 319 g/mol. The highest BCUT2D eigenvalue weighted by Crippen LogP contribution is 2.22. The van der Waals surface area contributed by atoms with Gasteiger partial charge in [0, 0.05) is 0 Å². The highest BCUT2D eigenvalue weighted by atomic mass is 32.2. The minimum absolute atomic E-state index is 0.225. The van der Waals surface area contributed by atoms with E-state index in [1.54, 1.807) is 0 Å². The van der Waals surface area contributed by atoms with Gasteiger partial charge in [-0.05, 0) is 24.5 Å². The number of amidine groups is 1. The molecule has 1 aromatic carbocycles. The molecule has 1 atom stereocenters. The van der Waals surface area contributed by atoms with E-state index in [0.29, 0.717) is 5.17 Å². The molecule has 0 radical (unpaired) electrons. The molecule has 0 aromatic heterocycles. The Morgan fingerprint density at radius 3 is 2.64 bits per heavy atom. The fraction of sp³-hybridized carbons (Fsp3) is 0.333. The van der Waals surface area contributed by atoms with Crippen molar-refractivity contribution in [3.63, 3.8) is 0 Å². The molecule has 1 fully saturated rings. The second kappa shape index (κ2) is 7.22. The van der Waals surface area contributed by atoms with Crippen molar-refractivity contribution in [1.29, 1.82) is 0 Å². The molecule has 1 aliphatic rings. The normalized spacial score (nSPS) is 20.3. The Balaban J connectivity index is 2.06. The number of rotatable bonds is 5. The fourth-order valence-corrected chi connectivity index (χ4v) is 2.81. The van der Waals surface area contributed by atoms with Gasteiger partial charge in [0.25, 0.3) is 0 Å². The SMILES string of the molecule is CCc1ccc(/C(C)=N\N=C2\NC(=O)C(CC(=O)O)S2)cc1. The third-order valence-electron chi connectivity index (χ3n) is 3.21. The van der Waals surface area contributed by atoms with Crippen LogP contribution in [0.1, 0.15) is 31.4 Å². The summed E-state index contributed by atoms with van der Waals surface area (Å²) in [4.78, 5) is 22.2. The molecule has 0 spiro atoms. The molecule has 0 aliphatic carbocycles. The van der Waals surface area contributed by atoms with Gasteiger partial charge >= 0.3 is 5.97 Å². The van der Waals surface area contributed by atoms with Crippen LogP contribution < -0.4 is 5.32 Å². The summed E-state index contributed by atoms with van der Waals surface area (Å²) in [5, 5.41) is 19.1. The summed E-state index contributed by atoms with van der Waals surface area (Å²) in [5.41, 5.74) is 2.93. The largest absolute Gasteiger partial charge is 0.481 e. The maximum atomic E-state index is 11.6. The summed E-state index contributed by atoms with van der Waals surface area (Å²) in [5.74, 6) is -1.35. The molecule has 7 heteroatoms. The lowest BCUT2D eigenvalue weighted by atomic mass is 10.1. The Bertz CT molecular complexity index is 638. The van der Waals surface area contributed by atoms with E-state index in [-0.39, 0.29) is 12.3 Å². The van der Waals surface area contributed by atoms with E-state index in [0.717, 1.165) is 29.5 Å². The van der Waals surface area contributed by atoms with Crippen molar-refractivity contribution < 1.29 is 14.7 Å². The topological polar surface area (TPSA) is 91.1 Å². The van der Waals surface area contributed by atoms with Crippen molar-refractivity contribution in [2.45, 2.75) is 31.9 Å². The second-order valence-electron chi connectivity index (χ2n) is 4.83. The van der Waals surface area contributed by atoms with Crippen molar-refractivity contribution in [3.8, 4) is 0 Å². The highest BCUT2D eigenvalue weighted by molar-refractivity contribution is 8.15. The minimum atomic E-state index is -1.01. The zero-order valence-electron chi connectivity index (χ0n) is 12.4. The first kappa shape index (κ1) is 16.2. The van der Waals surface area contributed by atoms with Crippen molar-refractivity contribution in [3.05, 3.63) is 35.4 Å². The molecule has 116 valence electrons. The number of aryl methyl sites for hydroxylation is 1. The molecule has 2 N–H and O–H groups in total. The molecule has 1 unspecified atom stereocenters. The van der Waals surface area contributed by atoms with Crippen LogP contribution in [0.25, 0.3) is 0 Å². The number of aliphatic carboxylic acids is 1. The van der Waals surface area contributed by atoms with E-state index >= 15 is 0 Å². The predicted molar refractivity (Wildman–Crippen MR) is 87.2 cm³/mol. The maximum Gasteiger partial charge on any atom is 0.305 e. The van der Waals surface area contributed by atoms with Crippen LogP contribution in [0.5, 0.6) is 0 Å².